The van der Waals surface area contributed by atoms with Crippen LogP contribution in [0.15, 0.2) is 48.8 Å². The van der Waals surface area contributed by atoms with Crippen LogP contribution in [0.25, 0.3) is 22.5 Å². The number of benzene rings is 2. The number of aromatic nitrogens is 2. The van der Waals surface area contributed by atoms with E-state index in [2.05, 4.69) is 9.97 Å². The van der Waals surface area contributed by atoms with Gasteiger partial charge in [0.2, 0.25) is 0 Å². The largest absolute Gasteiger partial charge is 0.344 e. The molecule has 3 aromatic rings. The molecule has 0 bridgehead atoms. The maximum atomic E-state index is 6.25. The van der Waals surface area contributed by atoms with Crippen LogP contribution in [-0.4, -0.2) is 9.97 Å². The molecule has 1 aromatic heterocycles. The fourth-order valence-electron chi connectivity index (χ4n) is 2.02. The summed E-state index contributed by atoms with van der Waals surface area (Å²) in [7, 11) is 0. The summed E-state index contributed by atoms with van der Waals surface area (Å²) in [6.07, 6.45) is 1.64. The SMILES string of the molecule is Clc1ccc(-c2nc[nH]c2-c2ccc(Cl)cc2Cl)cc1. The smallest absolute Gasteiger partial charge is 0.0961 e. The summed E-state index contributed by atoms with van der Waals surface area (Å²) in [6.45, 7) is 0. The lowest BCUT2D eigenvalue weighted by Crippen LogP contribution is -1.85. The Morgan fingerprint density at radius 3 is 2.25 bits per heavy atom. The second kappa shape index (κ2) is 5.49. The summed E-state index contributed by atoms with van der Waals surface area (Å²) in [4.78, 5) is 7.49. The number of nitrogens with zero attached hydrogens (tertiary/aromatic N) is 1. The van der Waals surface area contributed by atoms with Gasteiger partial charge in [0.25, 0.3) is 0 Å². The average Bonchev–Trinajstić information content (AvgIpc) is 2.88. The van der Waals surface area contributed by atoms with Crippen molar-refractivity contribution in [2.75, 3.05) is 0 Å². The second-order valence-electron chi connectivity index (χ2n) is 4.26. The van der Waals surface area contributed by atoms with Gasteiger partial charge in [-0.25, -0.2) is 4.98 Å². The molecule has 0 aliphatic carbocycles. The highest BCUT2D eigenvalue weighted by molar-refractivity contribution is 6.36. The van der Waals surface area contributed by atoms with Crippen molar-refractivity contribution in [3.05, 3.63) is 63.9 Å². The van der Waals surface area contributed by atoms with E-state index in [0.29, 0.717) is 15.1 Å². The molecule has 0 unspecified atom stereocenters. The first kappa shape index (κ1) is 13.5. The van der Waals surface area contributed by atoms with Gasteiger partial charge in [0, 0.05) is 21.2 Å². The third kappa shape index (κ3) is 2.55. The minimum atomic E-state index is 0.581. The van der Waals surface area contributed by atoms with Crippen LogP contribution in [0.5, 0.6) is 0 Å². The van der Waals surface area contributed by atoms with Gasteiger partial charge in [0.05, 0.1) is 22.7 Å². The Bertz CT molecular complexity index is 748. The highest BCUT2D eigenvalue weighted by Gasteiger charge is 2.13. The average molecular weight is 324 g/mol. The first-order valence-corrected chi connectivity index (χ1v) is 7.03. The molecule has 1 N–H and O–H groups in total. The fourth-order valence-corrected chi connectivity index (χ4v) is 2.65. The van der Waals surface area contributed by atoms with E-state index in [4.69, 9.17) is 34.8 Å². The molecule has 5 heteroatoms. The first-order valence-electron chi connectivity index (χ1n) is 5.90. The second-order valence-corrected chi connectivity index (χ2v) is 5.54. The predicted molar refractivity (Wildman–Crippen MR) is 84.5 cm³/mol. The number of hydrogen-bond acceptors (Lipinski definition) is 1. The molecule has 2 aromatic carbocycles. The van der Waals surface area contributed by atoms with Crippen molar-refractivity contribution < 1.29 is 0 Å². The number of aromatic amines is 1. The van der Waals surface area contributed by atoms with Gasteiger partial charge < -0.3 is 4.98 Å². The predicted octanol–water partition coefficient (Wildman–Crippen LogP) is 5.70. The number of hydrogen-bond donors (Lipinski definition) is 1. The van der Waals surface area contributed by atoms with Gasteiger partial charge in [0.1, 0.15) is 0 Å². The van der Waals surface area contributed by atoms with Crippen LogP contribution in [0, 0.1) is 0 Å². The Labute approximate surface area is 131 Å². The lowest BCUT2D eigenvalue weighted by molar-refractivity contribution is 1.31. The first-order chi connectivity index (χ1) is 9.65. The van der Waals surface area contributed by atoms with Crippen LogP contribution in [0.2, 0.25) is 15.1 Å². The van der Waals surface area contributed by atoms with Crippen molar-refractivity contribution in [3.8, 4) is 22.5 Å². The molecule has 100 valence electrons. The van der Waals surface area contributed by atoms with Crippen LogP contribution < -0.4 is 0 Å². The Balaban J connectivity index is 2.12. The van der Waals surface area contributed by atoms with Gasteiger partial charge in [0.15, 0.2) is 0 Å². The van der Waals surface area contributed by atoms with Crippen molar-refractivity contribution in [1.29, 1.82) is 0 Å². The lowest BCUT2D eigenvalue weighted by atomic mass is 10.1. The molecular weight excluding hydrogens is 315 g/mol. The normalized spacial score (nSPS) is 10.8. The zero-order valence-electron chi connectivity index (χ0n) is 10.2. The topological polar surface area (TPSA) is 28.7 Å². The molecular formula is C15H9Cl3N2. The number of imidazole rings is 1. The van der Waals surface area contributed by atoms with E-state index in [1.54, 1.807) is 18.5 Å². The van der Waals surface area contributed by atoms with E-state index in [-0.39, 0.29) is 0 Å². The summed E-state index contributed by atoms with van der Waals surface area (Å²) >= 11 is 18.1. The highest BCUT2D eigenvalue weighted by atomic mass is 35.5. The minimum Gasteiger partial charge on any atom is -0.344 e. The van der Waals surface area contributed by atoms with Crippen LogP contribution in [0.4, 0.5) is 0 Å². The van der Waals surface area contributed by atoms with Gasteiger partial charge in [-0.1, -0.05) is 46.9 Å². The third-order valence-corrected chi connectivity index (χ3v) is 3.76. The summed E-state index contributed by atoms with van der Waals surface area (Å²) in [6, 6.07) is 12.9. The molecule has 20 heavy (non-hydrogen) atoms. The van der Waals surface area contributed by atoms with Crippen molar-refractivity contribution >= 4 is 34.8 Å². The zero-order chi connectivity index (χ0) is 14.1. The van der Waals surface area contributed by atoms with E-state index in [1.165, 1.54) is 0 Å². The van der Waals surface area contributed by atoms with Gasteiger partial charge in [-0.3, -0.25) is 0 Å². The standard InChI is InChI=1S/C15H9Cl3N2/c16-10-3-1-9(2-4-10)14-15(20-8-19-14)12-6-5-11(17)7-13(12)18/h1-8H,(H,19,20). The summed E-state index contributed by atoms with van der Waals surface area (Å²) in [5.74, 6) is 0. The van der Waals surface area contributed by atoms with Crippen LogP contribution in [0.3, 0.4) is 0 Å². The molecule has 2 nitrogen and oxygen atoms in total. The highest BCUT2D eigenvalue weighted by Crippen LogP contribution is 2.35. The van der Waals surface area contributed by atoms with Gasteiger partial charge >= 0.3 is 0 Å². The maximum Gasteiger partial charge on any atom is 0.0961 e. The fraction of sp³-hybridized carbons (Fsp3) is 0. The molecule has 0 radical (unpaired) electrons. The monoisotopic (exact) mass is 322 g/mol. The van der Waals surface area contributed by atoms with E-state index < -0.39 is 0 Å². The molecule has 0 aliphatic rings. The van der Waals surface area contributed by atoms with E-state index in [9.17, 15) is 0 Å². The number of rotatable bonds is 2. The Morgan fingerprint density at radius 1 is 0.850 bits per heavy atom. The lowest BCUT2D eigenvalue weighted by Gasteiger charge is -2.06. The maximum absolute atomic E-state index is 6.25. The molecule has 0 saturated heterocycles. The van der Waals surface area contributed by atoms with Crippen molar-refractivity contribution in [2.24, 2.45) is 0 Å². The van der Waals surface area contributed by atoms with Crippen molar-refractivity contribution in [3.63, 3.8) is 0 Å². The number of nitrogens with one attached hydrogen (secondary N) is 1. The molecule has 0 saturated carbocycles. The van der Waals surface area contributed by atoms with E-state index in [1.807, 2.05) is 30.3 Å². The molecule has 0 spiro atoms. The van der Waals surface area contributed by atoms with Crippen LogP contribution in [0.1, 0.15) is 0 Å². The Morgan fingerprint density at radius 2 is 1.55 bits per heavy atom. The molecule has 1 heterocycles. The third-order valence-electron chi connectivity index (χ3n) is 2.96. The summed E-state index contributed by atoms with van der Waals surface area (Å²) < 4.78 is 0. The van der Waals surface area contributed by atoms with Crippen molar-refractivity contribution in [2.45, 2.75) is 0 Å². The Hall–Kier alpha value is -1.48. The molecule has 0 aliphatic heterocycles. The van der Waals surface area contributed by atoms with Gasteiger partial charge in [-0.05, 0) is 30.3 Å². The molecule has 0 atom stereocenters. The minimum absolute atomic E-state index is 0.581. The quantitative estimate of drug-likeness (QED) is 0.643. The number of halogens is 3. The van der Waals surface area contributed by atoms with E-state index in [0.717, 1.165) is 22.5 Å². The summed E-state index contributed by atoms with van der Waals surface area (Å²) in [5, 5.41) is 1.87. The molecule has 0 fully saturated rings. The van der Waals surface area contributed by atoms with Gasteiger partial charge in [-0.2, -0.15) is 0 Å². The molecule has 3 rings (SSSR count). The van der Waals surface area contributed by atoms with Gasteiger partial charge in [-0.15, -0.1) is 0 Å². The van der Waals surface area contributed by atoms with E-state index >= 15 is 0 Å². The Kier molecular flexibility index (Phi) is 3.70. The van der Waals surface area contributed by atoms with Crippen molar-refractivity contribution in [1.82, 2.24) is 9.97 Å². The van der Waals surface area contributed by atoms with Crippen LogP contribution >= 0.6 is 34.8 Å². The zero-order valence-corrected chi connectivity index (χ0v) is 12.5. The number of H-pyrrole nitrogens is 1. The van der Waals surface area contributed by atoms with Crippen LogP contribution in [-0.2, 0) is 0 Å². The molecule has 0 amide bonds. The summed E-state index contributed by atoms with van der Waals surface area (Å²) in [5.41, 5.74) is 3.51.